The van der Waals surface area contributed by atoms with Crippen molar-refractivity contribution in [2.24, 2.45) is 0 Å². The molecule has 1 rings (SSSR count). The van der Waals surface area contributed by atoms with Crippen molar-refractivity contribution < 1.29 is 0 Å². The van der Waals surface area contributed by atoms with E-state index in [0.29, 0.717) is 6.04 Å². The van der Waals surface area contributed by atoms with Gasteiger partial charge in [0.2, 0.25) is 0 Å². The van der Waals surface area contributed by atoms with Gasteiger partial charge < -0.3 is 4.90 Å². The molecule has 0 bridgehead atoms. The summed E-state index contributed by atoms with van der Waals surface area (Å²) < 4.78 is 0. The predicted molar refractivity (Wildman–Crippen MR) is 42.7 cm³/mol. The molecule has 60 valence electrons. The minimum absolute atomic E-state index is 0.667. The summed E-state index contributed by atoms with van der Waals surface area (Å²) in [4.78, 5) is 2.35. The van der Waals surface area contributed by atoms with Crippen LogP contribution in [0.4, 0.5) is 0 Å². The number of nitrogens with zero attached hydrogens (tertiary/aromatic N) is 2. The first-order chi connectivity index (χ1) is 4.68. The van der Waals surface area contributed by atoms with Crippen LogP contribution in [-0.2, 0) is 0 Å². The van der Waals surface area contributed by atoms with Gasteiger partial charge in [-0.25, -0.2) is 0 Å². The van der Waals surface area contributed by atoms with E-state index >= 15 is 0 Å². The quantitative estimate of drug-likeness (QED) is 0.538. The molecule has 1 fully saturated rings. The highest BCUT2D eigenvalue weighted by molar-refractivity contribution is 4.76. The van der Waals surface area contributed by atoms with Crippen molar-refractivity contribution in [3.63, 3.8) is 0 Å². The Bertz CT molecular complexity index is 103. The summed E-state index contributed by atoms with van der Waals surface area (Å²) >= 11 is 0. The molecule has 0 aromatic carbocycles. The Labute approximate surface area is 63.0 Å². The monoisotopic (exact) mass is 143 g/mol. The van der Waals surface area contributed by atoms with Crippen LogP contribution in [0.15, 0.2) is 0 Å². The predicted octanol–water partition coefficient (Wildman–Crippen LogP) is -0.243. The molecule has 1 unspecified atom stereocenters. The molecular weight excluding hydrogens is 126 g/mol. The highest BCUT2D eigenvalue weighted by Crippen LogP contribution is 2.05. The number of hydrogen-bond acceptors (Lipinski definition) is 3. The van der Waals surface area contributed by atoms with E-state index in [1.807, 2.05) is 19.1 Å². The highest BCUT2D eigenvalue weighted by atomic mass is 15.5. The van der Waals surface area contributed by atoms with Crippen LogP contribution in [0.25, 0.3) is 0 Å². The third-order valence-electron chi connectivity index (χ3n) is 1.83. The number of rotatable bonds is 2. The van der Waals surface area contributed by atoms with Crippen molar-refractivity contribution in [2.45, 2.75) is 12.5 Å². The summed E-state index contributed by atoms with van der Waals surface area (Å²) in [5, 5.41) is 2.03. The summed E-state index contributed by atoms with van der Waals surface area (Å²) in [7, 11) is 6.24. The van der Waals surface area contributed by atoms with Gasteiger partial charge in [0.15, 0.2) is 0 Å². The lowest BCUT2D eigenvalue weighted by atomic mass is 10.3. The fraction of sp³-hybridized carbons (Fsp3) is 1.00. The van der Waals surface area contributed by atoms with E-state index in [2.05, 4.69) is 17.4 Å². The zero-order chi connectivity index (χ0) is 7.56. The summed E-state index contributed by atoms with van der Waals surface area (Å²) in [5.74, 6) is 0. The third-order valence-corrected chi connectivity index (χ3v) is 1.83. The van der Waals surface area contributed by atoms with E-state index in [0.717, 1.165) is 0 Å². The largest absolute Gasteiger partial charge is 0.305 e. The number of likely N-dealkylation sites (tertiary alicyclic amines) is 1. The molecule has 0 amide bonds. The molecule has 0 radical (unpaired) electrons. The summed E-state index contributed by atoms with van der Waals surface area (Å²) in [6, 6.07) is 0.667. The van der Waals surface area contributed by atoms with Crippen molar-refractivity contribution >= 4 is 0 Å². The summed E-state index contributed by atoms with van der Waals surface area (Å²) in [5.41, 5.74) is 3.36. The van der Waals surface area contributed by atoms with E-state index in [1.54, 1.807) is 0 Å². The zero-order valence-electron chi connectivity index (χ0n) is 7.09. The second-order valence-corrected chi connectivity index (χ2v) is 3.27. The van der Waals surface area contributed by atoms with Crippen LogP contribution in [0.5, 0.6) is 0 Å². The number of likely N-dealkylation sites (N-methyl/N-ethyl adjacent to an activating group) is 1. The fourth-order valence-electron chi connectivity index (χ4n) is 1.41. The average molecular weight is 143 g/mol. The Morgan fingerprint density at radius 2 is 2.20 bits per heavy atom. The van der Waals surface area contributed by atoms with Crippen LogP contribution in [-0.4, -0.2) is 50.2 Å². The second kappa shape index (κ2) is 3.32. The highest BCUT2D eigenvalue weighted by Gasteiger charge is 2.18. The van der Waals surface area contributed by atoms with E-state index in [9.17, 15) is 0 Å². The van der Waals surface area contributed by atoms with Gasteiger partial charge in [0.25, 0.3) is 0 Å². The van der Waals surface area contributed by atoms with Gasteiger partial charge in [-0.15, -0.1) is 0 Å². The van der Waals surface area contributed by atoms with Crippen molar-refractivity contribution in [1.29, 1.82) is 0 Å². The molecule has 3 nitrogen and oxygen atoms in total. The van der Waals surface area contributed by atoms with E-state index in [1.165, 1.54) is 19.5 Å². The molecule has 1 heterocycles. The normalized spacial score (nSPS) is 28.2. The first-order valence-electron chi connectivity index (χ1n) is 3.80. The van der Waals surface area contributed by atoms with E-state index in [4.69, 9.17) is 0 Å². The van der Waals surface area contributed by atoms with Gasteiger partial charge in [0, 0.05) is 26.7 Å². The molecule has 0 aliphatic carbocycles. The lowest BCUT2D eigenvalue weighted by Gasteiger charge is -2.18. The smallest absolute Gasteiger partial charge is 0.0354 e. The first kappa shape index (κ1) is 7.98. The van der Waals surface area contributed by atoms with Gasteiger partial charge in [-0.1, -0.05) is 0 Å². The molecule has 1 aliphatic rings. The lowest BCUT2D eigenvalue weighted by molar-refractivity contribution is 0.241. The number of nitrogens with one attached hydrogen (secondary N) is 1. The molecule has 3 heteroatoms. The molecular formula is C7H17N3. The van der Waals surface area contributed by atoms with Gasteiger partial charge in [0.1, 0.15) is 0 Å². The van der Waals surface area contributed by atoms with Crippen LogP contribution >= 0.6 is 0 Å². The minimum Gasteiger partial charge on any atom is -0.305 e. The average Bonchev–Trinajstić information content (AvgIpc) is 2.13. The molecule has 1 atom stereocenters. The minimum atomic E-state index is 0.667. The van der Waals surface area contributed by atoms with Gasteiger partial charge in [-0.3, -0.25) is 10.4 Å². The second-order valence-electron chi connectivity index (χ2n) is 3.27. The molecule has 0 aromatic heterocycles. The molecule has 1 saturated heterocycles. The molecule has 0 saturated carbocycles. The first-order valence-corrected chi connectivity index (χ1v) is 3.80. The number of hydrazine groups is 1. The molecule has 0 spiro atoms. The van der Waals surface area contributed by atoms with Gasteiger partial charge >= 0.3 is 0 Å². The zero-order valence-corrected chi connectivity index (χ0v) is 7.09. The standard InChI is InChI=1S/C7H17N3/c1-9(2)8-7-4-5-10(3)6-7/h7-8H,4-6H2,1-3H3. The third kappa shape index (κ3) is 2.25. The molecule has 0 aromatic rings. The summed E-state index contributed by atoms with van der Waals surface area (Å²) in [6.45, 7) is 2.41. The van der Waals surface area contributed by atoms with Gasteiger partial charge in [0.05, 0.1) is 0 Å². The van der Waals surface area contributed by atoms with E-state index < -0.39 is 0 Å². The Kier molecular flexibility index (Phi) is 2.65. The molecule has 1 N–H and O–H groups in total. The Balaban J connectivity index is 2.18. The SMILES string of the molecule is CN1CCC(NN(C)C)C1. The number of hydrogen-bond donors (Lipinski definition) is 1. The lowest BCUT2D eigenvalue weighted by Crippen LogP contribution is -2.40. The van der Waals surface area contributed by atoms with Gasteiger partial charge in [-0.2, -0.15) is 0 Å². The fourth-order valence-corrected chi connectivity index (χ4v) is 1.41. The molecule has 10 heavy (non-hydrogen) atoms. The van der Waals surface area contributed by atoms with Crippen molar-refractivity contribution in [2.75, 3.05) is 34.2 Å². The van der Waals surface area contributed by atoms with Crippen LogP contribution in [0.3, 0.4) is 0 Å². The Morgan fingerprint density at radius 3 is 2.60 bits per heavy atom. The van der Waals surface area contributed by atoms with Crippen molar-refractivity contribution in [3.8, 4) is 0 Å². The van der Waals surface area contributed by atoms with Crippen LogP contribution in [0.2, 0.25) is 0 Å². The maximum Gasteiger partial charge on any atom is 0.0354 e. The molecule has 1 aliphatic heterocycles. The van der Waals surface area contributed by atoms with E-state index in [-0.39, 0.29) is 0 Å². The van der Waals surface area contributed by atoms with Crippen LogP contribution < -0.4 is 5.43 Å². The Hall–Kier alpha value is -0.120. The maximum absolute atomic E-state index is 3.36. The van der Waals surface area contributed by atoms with Crippen molar-refractivity contribution in [3.05, 3.63) is 0 Å². The van der Waals surface area contributed by atoms with Gasteiger partial charge in [-0.05, 0) is 20.0 Å². The van der Waals surface area contributed by atoms with Crippen LogP contribution in [0.1, 0.15) is 6.42 Å². The topological polar surface area (TPSA) is 18.5 Å². The summed E-state index contributed by atoms with van der Waals surface area (Å²) in [6.07, 6.45) is 1.27. The van der Waals surface area contributed by atoms with Crippen molar-refractivity contribution in [1.82, 2.24) is 15.3 Å². The Morgan fingerprint density at radius 1 is 1.50 bits per heavy atom. The van der Waals surface area contributed by atoms with Crippen LogP contribution in [0, 0.1) is 0 Å². The maximum atomic E-state index is 3.36.